The van der Waals surface area contributed by atoms with Crippen molar-refractivity contribution in [2.45, 2.75) is 25.3 Å². The first-order chi connectivity index (χ1) is 17.4. The molecule has 1 unspecified atom stereocenters. The third-order valence-electron chi connectivity index (χ3n) is 7.05. The fourth-order valence-electron chi connectivity index (χ4n) is 5.38. The molecule has 6 rings (SSSR count). The molecular formula is C25H24F3N7O. The van der Waals surface area contributed by atoms with Crippen LogP contribution in [-0.2, 0) is 7.05 Å². The van der Waals surface area contributed by atoms with E-state index in [2.05, 4.69) is 30.2 Å². The molecule has 2 fully saturated rings. The summed E-state index contributed by atoms with van der Waals surface area (Å²) >= 11 is 0. The van der Waals surface area contributed by atoms with Crippen LogP contribution in [0.4, 0.5) is 24.5 Å². The molecule has 1 amide bonds. The summed E-state index contributed by atoms with van der Waals surface area (Å²) in [6, 6.07) is 6.66. The van der Waals surface area contributed by atoms with Crippen LogP contribution in [0.3, 0.4) is 0 Å². The van der Waals surface area contributed by atoms with Crippen molar-refractivity contribution >= 4 is 39.1 Å². The topological polar surface area (TPSA) is 79.2 Å². The van der Waals surface area contributed by atoms with Gasteiger partial charge in [0, 0.05) is 67.3 Å². The molecule has 1 atom stereocenters. The number of halogens is 3. The van der Waals surface area contributed by atoms with Gasteiger partial charge in [-0.15, -0.1) is 0 Å². The van der Waals surface area contributed by atoms with Gasteiger partial charge < -0.3 is 10.2 Å². The Hall–Kier alpha value is -3.73. The van der Waals surface area contributed by atoms with Crippen molar-refractivity contribution < 1.29 is 18.0 Å². The first-order valence-corrected chi connectivity index (χ1v) is 11.9. The number of rotatable bonds is 4. The SMILES string of the molecule is Cn1cc2cc(NC(=O)c3ccc(N4CCN5CCCC5C4)c4cnc(C(F)F)nc34)cc(F)c2n1. The Morgan fingerprint density at radius 2 is 2.03 bits per heavy atom. The quantitative estimate of drug-likeness (QED) is 0.459. The Morgan fingerprint density at radius 1 is 1.17 bits per heavy atom. The number of anilines is 2. The van der Waals surface area contributed by atoms with Gasteiger partial charge in [-0.05, 0) is 43.7 Å². The van der Waals surface area contributed by atoms with Gasteiger partial charge in [0.05, 0.1) is 11.1 Å². The summed E-state index contributed by atoms with van der Waals surface area (Å²) in [6.45, 7) is 3.64. The number of carbonyl (C=O) groups is 1. The largest absolute Gasteiger partial charge is 0.368 e. The summed E-state index contributed by atoms with van der Waals surface area (Å²) in [7, 11) is 1.68. The second kappa shape index (κ2) is 8.74. The molecule has 2 aliphatic rings. The lowest BCUT2D eigenvalue weighted by molar-refractivity contribution is 0.102. The summed E-state index contributed by atoms with van der Waals surface area (Å²) in [5.74, 6) is -1.79. The second-order valence-corrected chi connectivity index (χ2v) is 9.35. The van der Waals surface area contributed by atoms with Gasteiger partial charge in [-0.25, -0.2) is 23.1 Å². The number of fused-ring (bicyclic) bond motifs is 3. The zero-order valence-electron chi connectivity index (χ0n) is 19.6. The molecule has 186 valence electrons. The molecule has 2 aromatic carbocycles. The third-order valence-corrected chi connectivity index (χ3v) is 7.05. The average Bonchev–Trinajstić information content (AvgIpc) is 3.48. The van der Waals surface area contributed by atoms with Crippen LogP contribution >= 0.6 is 0 Å². The van der Waals surface area contributed by atoms with Crippen LogP contribution in [0.2, 0.25) is 0 Å². The number of hydrogen-bond acceptors (Lipinski definition) is 6. The van der Waals surface area contributed by atoms with E-state index in [1.54, 1.807) is 25.4 Å². The van der Waals surface area contributed by atoms with Crippen LogP contribution in [-0.4, -0.2) is 62.8 Å². The Morgan fingerprint density at radius 3 is 2.86 bits per heavy atom. The van der Waals surface area contributed by atoms with Gasteiger partial charge in [-0.2, -0.15) is 5.10 Å². The van der Waals surface area contributed by atoms with E-state index >= 15 is 0 Å². The highest BCUT2D eigenvalue weighted by molar-refractivity contribution is 6.14. The number of amides is 1. The van der Waals surface area contributed by atoms with Crippen LogP contribution in [0.25, 0.3) is 21.8 Å². The Bertz CT molecular complexity index is 1490. The number of hydrogen-bond donors (Lipinski definition) is 1. The Labute approximate surface area is 204 Å². The van der Waals surface area contributed by atoms with E-state index in [1.165, 1.54) is 23.4 Å². The third kappa shape index (κ3) is 3.93. The van der Waals surface area contributed by atoms with E-state index in [1.807, 2.05) is 6.07 Å². The van der Waals surface area contributed by atoms with Crippen molar-refractivity contribution in [2.24, 2.45) is 7.05 Å². The van der Waals surface area contributed by atoms with Crippen molar-refractivity contribution in [3.8, 4) is 0 Å². The van der Waals surface area contributed by atoms with Gasteiger partial charge >= 0.3 is 0 Å². The van der Waals surface area contributed by atoms with E-state index in [0.29, 0.717) is 16.8 Å². The lowest BCUT2D eigenvalue weighted by Gasteiger charge is -2.39. The predicted molar refractivity (Wildman–Crippen MR) is 130 cm³/mol. The van der Waals surface area contributed by atoms with Gasteiger partial charge in [-0.3, -0.25) is 14.4 Å². The highest BCUT2D eigenvalue weighted by Gasteiger charge is 2.31. The summed E-state index contributed by atoms with van der Waals surface area (Å²) in [5.41, 5.74) is 1.51. The maximum atomic E-state index is 14.5. The molecule has 0 saturated carbocycles. The first-order valence-electron chi connectivity index (χ1n) is 11.9. The summed E-state index contributed by atoms with van der Waals surface area (Å²) in [4.78, 5) is 25.9. The number of nitrogens with zero attached hydrogens (tertiary/aromatic N) is 6. The number of aryl methyl sites for hydroxylation is 1. The molecule has 0 aliphatic carbocycles. The number of piperazine rings is 1. The molecule has 0 bridgehead atoms. The zero-order chi connectivity index (χ0) is 25.0. The average molecular weight is 496 g/mol. The van der Waals surface area contributed by atoms with Crippen molar-refractivity contribution in [3.05, 3.63) is 53.9 Å². The number of alkyl halides is 2. The molecule has 2 aliphatic heterocycles. The maximum Gasteiger partial charge on any atom is 0.297 e. The van der Waals surface area contributed by atoms with Gasteiger partial charge in [0.15, 0.2) is 11.6 Å². The minimum atomic E-state index is -2.88. The lowest BCUT2D eigenvalue weighted by atomic mass is 10.0. The van der Waals surface area contributed by atoms with E-state index in [4.69, 9.17) is 0 Å². The van der Waals surface area contributed by atoms with E-state index < -0.39 is 24.0 Å². The number of benzene rings is 2. The molecule has 8 nitrogen and oxygen atoms in total. The molecule has 4 aromatic rings. The molecule has 0 radical (unpaired) electrons. The summed E-state index contributed by atoms with van der Waals surface area (Å²) in [5, 5.41) is 7.82. The van der Waals surface area contributed by atoms with E-state index in [9.17, 15) is 18.0 Å². The minimum absolute atomic E-state index is 0.115. The number of carbonyl (C=O) groups excluding carboxylic acids is 1. The van der Waals surface area contributed by atoms with Gasteiger partial charge in [-0.1, -0.05) is 0 Å². The monoisotopic (exact) mass is 495 g/mol. The molecule has 2 aromatic heterocycles. The summed E-state index contributed by atoms with van der Waals surface area (Å²) in [6.07, 6.45) is 2.43. The fraction of sp³-hybridized carbons (Fsp3) is 0.360. The molecule has 1 N–H and O–H groups in total. The number of nitrogens with one attached hydrogen (secondary N) is 1. The van der Waals surface area contributed by atoms with Crippen molar-refractivity contribution in [1.82, 2.24) is 24.6 Å². The minimum Gasteiger partial charge on any atom is -0.368 e. The van der Waals surface area contributed by atoms with Crippen LogP contribution in [0.15, 0.2) is 36.7 Å². The molecule has 0 spiro atoms. The fourth-order valence-corrected chi connectivity index (χ4v) is 5.38. The molecule has 4 heterocycles. The molecule has 36 heavy (non-hydrogen) atoms. The van der Waals surface area contributed by atoms with Gasteiger partial charge in [0.1, 0.15) is 5.52 Å². The lowest BCUT2D eigenvalue weighted by Crippen LogP contribution is -2.50. The standard InChI is InChI=1S/C25H24F3N7O/c1-33-12-14-9-15(10-19(26)21(14)32-33)30-25(36)17-4-5-20(18-11-29-24(23(27)28)31-22(17)18)35-8-7-34-6-2-3-16(34)13-35/h4-5,9-12,16,23H,2-3,6-8,13H2,1H3,(H,30,36). The molecule has 2 saturated heterocycles. The van der Waals surface area contributed by atoms with E-state index in [-0.39, 0.29) is 22.3 Å². The maximum absolute atomic E-state index is 14.5. The molecular weight excluding hydrogens is 471 g/mol. The first kappa shape index (κ1) is 22.7. The highest BCUT2D eigenvalue weighted by Crippen LogP contribution is 2.33. The second-order valence-electron chi connectivity index (χ2n) is 9.35. The van der Waals surface area contributed by atoms with Crippen LogP contribution in [0.1, 0.15) is 35.4 Å². The highest BCUT2D eigenvalue weighted by atomic mass is 19.3. The van der Waals surface area contributed by atoms with Gasteiger partial charge in [0.2, 0.25) is 0 Å². The smallest absolute Gasteiger partial charge is 0.297 e. The van der Waals surface area contributed by atoms with Crippen LogP contribution < -0.4 is 10.2 Å². The van der Waals surface area contributed by atoms with Gasteiger partial charge in [0.25, 0.3) is 12.3 Å². The molecule has 11 heteroatoms. The zero-order valence-corrected chi connectivity index (χ0v) is 19.6. The van der Waals surface area contributed by atoms with E-state index in [0.717, 1.165) is 38.3 Å². The van der Waals surface area contributed by atoms with Crippen LogP contribution in [0.5, 0.6) is 0 Å². The Kier molecular flexibility index (Phi) is 5.51. The van der Waals surface area contributed by atoms with Crippen molar-refractivity contribution in [3.63, 3.8) is 0 Å². The summed E-state index contributed by atoms with van der Waals surface area (Å²) < 4.78 is 43.0. The van der Waals surface area contributed by atoms with Crippen molar-refractivity contribution in [1.29, 1.82) is 0 Å². The predicted octanol–water partition coefficient (Wildman–Crippen LogP) is 4.13. The van der Waals surface area contributed by atoms with Crippen molar-refractivity contribution in [2.75, 3.05) is 36.4 Å². The normalized spacial score (nSPS) is 18.4. The Balaban J connectivity index is 1.38. The van der Waals surface area contributed by atoms with Crippen LogP contribution in [0, 0.1) is 5.82 Å². The number of aromatic nitrogens is 4.